The SMILES string of the molecule is O=C(NCC1Cc2ccccc2CN1)N1CCC(CO)(CO)CC1. The van der Waals surface area contributed by atoms with Crippen molar-refractivity contribution in [3.63, 3.8) is 0 Å². The number of aliphatic hydroxyl groups excluding tert-OH is 2. The van der Waals surface area contributed by atoms with Crippen molar-refractivity contribution in [1.82, 2.24) is 15.5 Å². The third-order valence-corrected chi connectivity index (χ3v) is 5.45. The molecule has 1 fully saturated rings. The Hall–Kier alpha value is -1.63. The summed E-state index contributed by atoms with van der Waals surface area (Å²) >= 11 is 0. The van der Waals surface area contributed by atoms with Crippen LogP contribution in [-0.4, -0.2) is 60.0 Å². The molecule has 2 heterocycles. The lowest BCUT2D eigenvalue weighted by molar-refractivity contribution is 0.00709. The molecule has 4 N–H and O–H groups in total. The number of rotatable bonds is 4. The van der Waals surface area contributed by atoms with Gasteiger partial charge in [-0.1, -0.05) is 24.3 Å². The van der Waals surface area contributed by atoms with Crippen LogP contribution in [0.3, 0.4) is 0 Å². The van der Waals surface area contributed by atoms with E-state index in [0.29, 0.717) is 32.5 Å². The van der Waals surface area contributed by atoms with E-state index in [1.54, 1.807) is 4.90 Å². The first-order valence-electron chi connectivity index (χ1n) is 8.70. The summed E-state index contributed by atoms with van der Waals surface area (Å²) in [4.78, 5) is 14.1. The molecule has 132 valence electrons. The third kappa shape index (κ3) is 3.71. The molecule has 1 unspecified atom stereocenters. The number of piperidine rings is 1. The first kappa shape index (κ1) is 17.2. The molecule has 2 amide bonds. The average Bonchev–Trinajstić information content (AvgIpc) is 2.66. The second kappa shape index (κ2) is 7.51. The molecule has 0 aromatic heterocycles. The molecule has 2 aliphatic heterocycles. The minimum atomic E-state index is -0.425. The summed E-state index contributed by atoms with van der Waals surface area (Å²) in [5.41, 5.74) is 2.26. The van der Waals surface area contributed by atoms with Gasteiger partial charge in [0.2, 0.25) is 0 Å². The van der Waals surface area contributed by atoms with Crippen molar-refractivity contribution in [2.24, 2.45) is 5.41 Å². The number of aliphatic hydroxyl groups is 2. The van der Waals surface area contributed by atoms with Gasteiger partial charge in [0.1, 0.15) is 0 Å². The maximum atomic E-state index is 12.3. The fourth-order valence-corrected chi connectivity index (χ4v) is 3.54. The van der Waals surface area contributed by atoms with E-state index in [4.69, 9.17) is 0 Å². The summed E-state index contributed by atoms with van der Waals surface area (Å²) in [6.45, 7) is 2.56. The van der Waals surface area contributed by atoms with Gasteiger partial charge in [-0.05, 0) is 30.4 Å². The Morgan fingerprint density at radius 2 is 1.88 bits per heavy atom. The molecule has 0 aliphatic carbocycles. The third-order valence-electron chi connectivity index (χ3n) is 5.45. The lowest BCUT2D eigenvalue weighted by atomic mass is 9.80. The number of nitrogens with one attached hydrogen (secondary N) is 2. The normalized spacial score (nSPS) is 22.8. The standard InChI is InChI=1S/C18H27N3O3/c22-12-18(13-23)5-7-21(8-6-18)17(24)20-11-16-9-14-3-1-2-4-15(14)10-19-16/h1-4,16,19,22-23H,5-13H2,(H,20,24). The van der Waals surface area contributed by atoms with Crippen molar-refractivity contribution >= 4 is 6.03 Å². The minimum absolute atomic E-state index is 0.0235. The highest BCUT2D eigenvalue weighted by Gasteiger charge is 2.35. The van der Waals surface area contributed by atoms with Gasteiger partial charge in [0.25, 0.3) is 0 Å². The number of nitrogens with zero attached hydrogens (tertiary/aromatic N) is 1. The van der Waals surface area contributed by atoms with Crippen molar-refractivity contribution in [2.45, 2.75) is 31.8 Å². The lowest BCUT2D eigenvalue weighted by Crippen LogP contribution is -2.52. The summed E-state index contributed by atoms with van der Waals surface area (Å²) in [6, 6.07) is 8.60. The summed E-state index contributed by atoms with van der Waals surface area (Å²) in [6.07, 6.45) is 2.21. The number of benzene rings is 1. The van der Waals surface area contributed by atoms with Crippen molar-refractivity contribution in [2.75, 3.05) is 32.8 Å². The maximum absolute atomic E-state index is 12.3. The zero-order valence-electron chi connectivity index (χ0n) is 14.0. The Balaban J connectivity index is 1.45. The highest BCUT2D eigenvalue weighted by Crippen LogP contribution is 2.30. The lowest BCUT2D eigenvalue weighted by Gasteiger charge is -2.39. The number of likely N-dealkylation sites (tertiary alicyclic amines) is 1. The predicted octanol–water partition coefficient (Wildman–Crippen LogP) is 0.477. The van der Waals surface area contributed by atoms with Crippen LogP contribution in [0.2, 0.25) is 0 Å². The fourth-order valence-electron chi connectivity index (χ4n) is 3.54. The molecular formula is C18H27N3O3. The van der Waals surface area contributed by atoms with Crippen molar-refractivity contribution in [3.8, 4) is 0 Å². The first-order valence-corrected chi connectivity index (χ1v) is 8.70. The van der Waals surface area contributed by atoms with Crippen LogP contribution < -0.4 is 10.6 Å². The number of amides is 2. The average molecular weight is 333 g/mol. The first-order chi connectivity index (χ1) is 11.7. The molecule has 0 spiro atoms. The van der Waals surface area contributed by atoms with Gasteiger partial charge < -0.3 is 25.7 Å². The molecule has 3 rings (SSSR count). The molecule has 2 aliphatic rings. The predicted molar refractivity (Wildman–Crippen MR) is 91.6 cm³/mol. The second-order valence-corrected chi connectivity index (χ2v) is 7.04. The van der Waals surface area contributed by atoms with Crippen LogP contribution in [0.1, 0.15) is 24.0 Å². The smallest absolute Gasteiger partial charge is 0.317 e. The maximum Gasteiger partial charge on any atom is 0.317 e. The molecule has 1 aromatic rings. The summed E-state index contributed by atoms with van der Waals surface area (Å²) in [7, 11) is 0. The molecule has 6 nitrogen and oxygen atoms in total. The molecule has 1 atom stereocenters. The van der Waals surface area contributed by atoms with E-state index in [2.05, 4.69) is 34.9 Å². The van der Waals surface area contributed by atoms with E-state index in [9.17, 15) is 15.0 Å². The van der Waals surface area contributed by atoms with Gasteiger partial charge in [0, 0.05) is 37.6 Å². The number of fused-ring (bicyclic) bond motifs is 1. The molecule has 24 heavy (non-hydrogen) atoms. The fraction of sp³-hybridized carbons (Fsp3) is 0.611. The Labute approximate surface area is 142 Å². The van der Waals surface area contributed by atoms with Crippen LogP contribution in [0, 0.1) is 5.41 Å². The van der Waals surface area contributed by atoms with Crippen LogP contribution in [-0.2, 0) is 13.0 Å². The molecule has 1 saturated heterocycles. The van der Waals surface area contributed by atoms with Gasteiger partial charge in [0.05, 0.1) is 13.2 Å². The van der Waals surface area contributed by atoms with Gasteiger partial charge >= 0.3 is 6.03 Å². The van der Waals surface area contributed by atoms with Crippen molar-refractivity contribution < 1.29 is 15.0 Å². The van der Waals surface area contributed by atoms with Crippen LogP contribution in [0.4, 0.5) is 4.79 Å². The second-order valence-electron chi connectivity index (χ2n) is 7.04. The van der Waals surface area contributed by atoms with Crippen molar-refractivity contribution in [3.05, 3.63) is 35.4 Å². The summed E-state index contributed by atoms with van der Waals surface area (Å²) in [5, 5.41) is 25.3. The van der Waals surface area contributed by atoms with E-state index in [0.717, 1.165) is 13.0 Å². The quantitative estimate of drug-likeness (QED) is 0.646. The monoisotopic (exact) mass is 333 g/mol. The van der Waals surface area contributed by atoms with Gasteiger partial charge in [-0.25, -0.2) is 4.79 Å². The van der Waals surface area contributed by atoms with E-state index in [1.165, 1.54) is 11.1 Å². The Kier molecular flexibility index (Phi) is 5.38. The van der Waals surface area contributed by atoms with Crippen LogP contribution in [0.25, 0.3) is 0 Å². The van der Waals surface area contributed by atoms with E-state index in [1.807, 2.05) is 0 Å². The highest BCUT2D eigenvalue weighted by molar-refractivity contribution is 5.74. The topological polar surface area (TPSA) is 84.8 Å². The van der Waals surface area contributed by atoms with E-state index < -0.39 is 5.41 Å². The molecule has 0 radical (unpaired) electrons. The molecule has 0 bridgehead atoms. The molecule has 6 heteroatoms. The van der Waals surface area contributed by atoms with Gasteiger partial charge in [0.15, 0.2) is 0 Å². The van der Waals surface area contributed by atoms with Gasteiger partial charge in [-0.2, -0.15) is 0 Å². The number of carbonyl (C=O) groups excluding carboxylic acids is 1. The highest BCUT2D eigenvalue weighted by atomic mass is 16.3. The Morgan fingerprint density at radius 3 is 2.54 bits per heavy atom. The zero-order valence-corrected chi connectivity index (χ0v) is 14.0. The van der Waals surface area contributed by atoms with Crippen LogP contribution in [0.15, 0.2) is 24.3 Å². The van der Waals surface area contributed by atoms with E-state index >= 15 is 0 Å². The molecule has 0 saturated carbocycles. The van der Waals surface area contributed by atoms with Crippen LogP contribution in [0.5, 0.6) is 0 Å². The van der Waals surface area contributed by atoms with E-state index in [-0.39, 0.29) is 25.3 Å². The summed E-state index contributed by atoms with van der Waals surface area (Å²) < 4.78 is 0. The summed E-state index contributed by atoms with van der Waals surface area (Å²) in [5.74, 6) is 0. The Bertz CT molecular complexity index is 564. The van der Waals surface area contributed by atoms with Crippen LogP contribution >= 0.6 is 0 Å². The number of hydrogen-bond donors (Lipinski definition) is 4. The van der Waals surface area contributed by atoms with Crippen molar-refractivity contribution in [1.29, 1.82) is 0 Å². The molecular weight excluding hydrogens is 306 g/mol. The Morgan fingerprint density at radius 1 is 1.21 bits per heavy atom. The van der Waals surface area contributed by atoms with Gasteiger partial charge in [-0.3, -0.25) is 0 Å². The zero-order chi connectivity index (χ0) is 17.0. The number of hydrogen-bond acceptors (Lipinski definition) is 4. The largest absolute Gasteiger partial charge is 0.396 e. The number of urea groups is 1. The number of carbonyl (C=O) groups is 1. The van der Waals surface area contributed by atoms with Gasteiger partial charge in [-0.15, -0.1) is 0 Å². The molecule has 1 aromatic carbocycles. The minimum Gasteiger partial charge on any atom is -0.396 e.